The van der Waals surface area contributed by atoms with E-state index in [0.717, 1.165) is 5.56 Å². The van der Waals surface area contributed by atoms with Crippen molar-refractivity contribution in [2.24, 2.45) is 7.05 Å². The molecule has 0 bridgehead atoms. The zero-order valence-corrected chi connectivity index (χ0v) is 11.0. The standard InChI is InChI=1S/C13H16N4O2/c1-3-16(9-11-7-5-4-6-8-11)13-12(17(18)19)14-10-15(13)2/h4-8,10H,3,9H2,1-2H3. The number of hydrogen-bond donors (Lipinski definition) is 0. The summed E-state index contributed by atoms with van der Waals surface area (Å²) in [6, 6.07) is 9.88. The quantitative estimate of drug-likeness (QED) is 0.611. The van der Waals surface area contributed by atoms with Crippen LogP contribution in [0.3, 0.4) is 0 Å². The van der Waals surface area contributed by atoms with Crippen LogP contribution < -0.4 is 4.90 Å². The molecule has 0 unspecified atom stereocenters. The Balaban J connectivity index is 2.32. The molecule has 1 heterocycles. The van der Waals surface area contributed by atoms with Crippen LogP contribution in [-0.2, 0) is 13.6 Å². The predicted octanol–water partition coefficient (Wildman–Crippen LogP) is 2.35. The number of aryl methyl sites for hydroxylation is 1. The monoisotopic (exact) mass is 260 g/mol. The molecule has 0 atom stereocenters. The zero-order chi connectivity index (χ0) is 13.8. The van der Waals surface area contributed by atoms with Gasteiger partial charge in [-0.25, -0.2) is 0 Å². The van der Waals surface area contributed by atoms with E-state index >= 15 is 0 Å². The van der Waals surface area contributed by atoms with Crippen LogP contribution in [0.4, 0.5) is 11.6 Å². The molecule has 0 fully saturated rings. The first kappa shape index (κ1) is 13.1. The highest BCUT2D eigenvalue weighted by Crippen LogP contribution is 2.26. The van der Waals surface area contributed by atoms with Crippen molar-refractivity contribution in [1.29, 1.82) is 0 Å². The molecule has 0 aliphatic carbocycles. The fourth-order valence-electron chi connectivity index (χ4n) is 2.04. The lowest BCUT2D eigenvalue weighted by molar-refractivity contribution is -0.388. The van der Waals surface area contributed by atoms with Gasteiger partial charge in [-0.05, 0) is 22.4 Å². The van der Waals surface area contributed by atoms with Gasteiger partial charge < -0.3 is 15.0 Å². The van der Waals surface area contributed by atoms with Crippen molar-refractivity contribution in [3.8, 4) is 0 Å². The van der Waals surface area contributed by atoms with Crippen molar-refractivity contribution in [3.63, 3.8) is 0 Å². The van der Waals surface area contributed by atoms with E-state index in [2.05, 4.69) is 4.98 Å². The molecule has 100 valence electrons. The Morgan fingerprint density at radius 1 is 1.37 bits per heavy atom. The van der Waals surface area contributed by atoms with Crippen molar-refractivity contribution < 1.29 is 4.92 Å². The third-order valence-electron chi connectivity index (χ3n) is 2.96. The molecule has 1 aromatic heterocycles. The lowest BCUT2D eigenvalue weighted by Crippen LogP contribution is -2.24. The molecule has 0 saturated heterocycles. The van der Waals surface area contributed by atoms with Crippen LogP contribution in [0.1, 0.15) is 12.5 Å². The highest BCUT2D eigenvalue weighted by molar-refractivity contribution is 5.54. The molecule has 2 rings (SSSR count). The minimum Gasteiger partial charge on any atom is -0.358 e. The van der Waals surface area contributed by atoms with E-state index in [9.17, 15) is 10.1 Å². The van der Waals surface area contributed by atoms with Crippen LogP contribution in [0.5, 0.6) is 0 Å². The van der Waals surface area contributed by atoms with Gasteiger partial charge in [-0.3, -0.25) is 4.57 Å². The maximum absolute atomic E-state index is 11.0. The van der Waals surface area contributed by atoms with Gasteiger partial charge in [-0.2, -0.15) is 0 Å². The summed E-state index contributed by atoms with van der Waals surface area (Å²) in [6.45, 7) is 3.27. The molecule has 6 nitrogen and oxygen atoms in total. The summed E-state index contributed by atoms with van der Waals surface area (Å²) in [7, 11) is 1.77. The van der Waals surface area contributed by atoms with E-state index < -0.39 is 4.92 Å². The second kappa shape index (κ2) is 5.51. The first-order valence-electron chi connectivity index (χ1n) is 6.08. The van der Waals surface area contributed by atoms with Crippen LogP contribution in [0.25, 0.3) is 0 Å². The Kier molecular flexibility index (Phi) is 3.79. The Labute approximate surface area is 111 Å². The molecule has 0 saturated carbocycles. The normalized spacial score (nSPS) is 10.4. The third kappa shape index (κ3) is 2.73. The number of nitro groups is 1. The molecular weight excluding hydrogens is 244 g/mol. The molecule has 19 heavy (non-hydrogen) atoms. The number of hydrogen-bond acceptors (Lipinski definition) is 4. The highest BCUT2D eigenvalue weighted by Gasteiger charge is 2.24. The van der Waals surface area contributed by atoms with Crippen LogP contribution in [0, 0.1) is 10.1 Å². The van der Waals surface area contributed by atoms with Crippen LogP contribution in [0.15, 0.2) is 36.7 Å². The second-order valence-electron chi connectivity index (χ2n) is 4.26. The van der Waals surface area contributed by atoms with E-state index in [4.69, 9.17) is 0 Å². The number of rotatable bonds is 5. The van der Waals surface area contributed by atoms with E-state index in [1.807, 2.05) is 42.2 Å². The number of imidazole rings is 1. The minimum absolute atomic E-state index is 0.0970. The summed E-state index contributed by atoms with van der Waals surface area (Å²) in [4.78, 5) is 16.4. The Bertz CT molecular complexity index is 565. The number of nitrogens with zero attached hydrogens (tertiary/aromatic N) is 4. The van der Waals surface area contributed by atoms with Crippen molar-refractivity contribution in [2.45, 2.75) is 13.5 Å². The molecule has 2 aromatic rings. The van der Waals surface area contributed by atoms with E-state index in [1.54, 1.807) is 11.6 Å². The molecule has 0 spiro atoms. The van der Waals surface area contributed by atoms with Crippen molar-refractivity contribution in [3.05, 3.63) is 52.3 Å². The lowest BCUT2D eigenvalue weighted by atomic mass is 10.2. The maximum atomic E-state index is 11.0. The molecular formula is C13H16N4O2. The summed E-state index contributed by atoms with van der Waals surface area (Å²) < 4.78 is 1.69. The predicted molar refractivity (Wildman–Crippen MR) is 73.0 cm³/mol. The van der Waals surface area contributed by atoms with Gasteiger partial charge in [0.05, 0.1) is 0 Å². The molecule has 1 aromatic carbocycles. The van der Waals surface area contributed by atoms with Crippen LogP contribution in [0.2, 0.25) is 0 Å². The summed E-state index contributed by atoms with van der Waals surface area (Å²) in [6.07, 6.45) is 1.47. The minimum atomic E-state index is -0.441. The first-order chi connectivity index (χ1) is 9.13. The van der Waals surface area contributed by atoms with Gasteiger partial charge in [0.15, 0.2) is 0 Å². The van der Waals surface area contributed by atoms with Crippen molar-refractivity contribution >= 4 is 11.6 Å². The number of aromatic nitrogens is 2. The van der Waals surface area contributed by atoms with Crippen LogP contribution in [-0.4, -0.2) is 21.0 Å². The number of benzene rings is 1. The molecule has 0 amide bonds. The molecule has 0 radical (unpaired) electrons. The van der Waals surface area contributed by atoms with Gasteiger partial charge in [0.25, 0.3) is 0 Å². The first-order valence-corrected chi connectivity index (χ1v) is 6.08. The molecule has 0 aliphatic rings. The van der Waals surface area contributed by atoms with Gasteiger partial charge in [-0.1, -0.05) is 30.3 Å². The maximum Gasteiger partial charge on any atom is 0.406 e. The van der Waals surface area contributed by atoms with Crippen molar-refractivity contribution in [2.75, 3.05) is 11.4 Å². The van der Waals surface area contributed by atoms with Gasteiger partial charge >= 0.3 is 5.82 Å². The summed E-state index contributed by atoms with van der Waals surface area (Å²) >= 11 is 0. The highest BCUT2D eigenvalue weighted by atomic mass is 16.6. The average molecular weight is 260 g/mol. The van der Waals surface area contributed by atoms with Crippen LogP contribution >= 0.6 is 0 Å². The van der Waals surface area contributed by atoms with E-state index in [0.29, 0.717) is 18.9 Å². The second-order valence-corrected chi connectivity index (χ2v) is 4.26. The molecule has 0 N–H and O–H groups in total. The Morgan fingerprint density at radius 3 is 2.63 bits per heavy atom. The third-order valence-corrected chi connectivity index (χ3v) is 2.96. The fraction of sp³-hybridized carbons (Fsp3) is 0.308. The van der Waals surface area contributed by atoms with Gasteiger partial charge in [0.2, 0.25) is 12.1 Å². The smallest absolute Gasteiger partial charge is 0.358 e. The van der Waals surface area contributed by atoms with Gasteiger partial charge in [0, 0.05) is 20.1 Å². The summed E-state index contributed by atoms with van der Waals surface area (Å²) in [5.41, 5.74) is 1.11. The Morgan fingerprint density at radius 2 is 2.05 bits per heavy atom. The molecule has 6 heteroatoms. The van der Waals surface area contributed by atoms with E-state index in [1.165, 1.54) is 6.33 Å². The largest absolute Gasteiger partial charge is 0.406 e. The fourth-order valence-corrected chi connectivity index (χ4v) is 2.04. The van der Waals surface area contributed by atoms with Gasteiger partial charge in [-0.15, -0.1) is 0 Å². The number of anilines is 1. The van der Waals surface area contributed by atoms with Crippen molar-refractivity contribution in [1.82, 2.24) is 9.55 Å². The SMILES string of the molecule is CCN(Cc1ccccc1)c1c([N+](=O)[O-])ncn1C. The topological polar surface area (TPSA) is 64.2 Å². The summed E-state index contributed by atoms with van der Waals surface area (Å²) in [5, 5.41) is 11.0. The summed E-state index contributed by atoms with van der Waals surface area (Å²) in [5.74, 6) is 0.441. The van der Waals surface area contributed by atoms with Gasteiger partial charge in [0.1, 0.15) is 0 Å². The lowest BCUT2D eigenvalue weighted by Gasteiger charge is -2.22. The van der Waals surface area contributed by atoms with E-state index in [-0.39, 0.29) is 5.82 Å². The average Bonchev–Trinajstić information content (AvgIpc) is 2.79. The Hall–Kier alpha value is -2.37. The zero-order valence-electron chi connectivity index (χ0n) is 11.0. The molecule has 0 aliphatic heterocycles.